The van der Waals surface area contributed by atoms with Gasteiger partial charge in [0.25, 0.3) is 0 Å². The molecule has 0 radical (unpaired) electrons. The van der Waals surface area contributed by atoms with Gasteiger partial charge in [0.1, 0.15) is 6.61 Å². The molecular weight excluding hydrogens is 501 g/mol. The molecule has 0 unspecified atom stereocenters. The molecule has 0 aliphatic rings. The van der Waals surface area contributed by atoms with Gasteiger partial charge in [-0.25, -0.2) is 0 Å². The number of benzene rings is 3. The predicted molar refractivity (Wildman–Crippen MR) is 129 cm³/mol. The van der Waals surface area contributed by atoms with Gasteiger partial charge in [-0.2, -0.15) is 0 Å². The molecule has 0 spiro atoms. The highest BCUT2D eigenvalue weighted by Crippen LogP contribution is 2.37. The van der Waals surface area contributed by atoms with Crippen LogP contribution in [-0.2, 0) is 13.2 Å². The van der Waals surface area contributed by atoms with E-state index < -0.39 is 6.10 Å². The minimum Gasteiger partial charge on any atom is -0.490 e. The topological polar surface area (TPSA) is 50.7 Å². The number of ether oxygens (including phenoxy) is 2. The summed E-state index contributed by atoms with van der Waals surface area (Å²) in [6, 6.07) is 18.9. The average Bonchev–Trinajstić information content (AvgIpc) is 2.76. The molecular formula is C24H24BrCl2NO3. The van der Waals surface area contributed by atoms with E-state index in [2.05, 4.69) is 21.2 Å². The van der Waals surface area contributed by atoms with Crippen molar-refractivity contribution in [1.29, 1.82) is 0 Å². The molecule has 0 aliphatic carbocycles. The molecule has 0 heterocycles. The van der Waals surface area contributed by atoms with Crippen LogP contribution in [0.25, 0.3) is 0 Å². The van der Waals surface area contributed by atoms with Gasteiger partial charge in [0, 0.05) is 13.1 Å². The van der Waals surface area contributed by atoms with Gasteiger partial charge >= 0.3 is 0 Å². The number of hydrogen-bond donors (Lipinski definition) is 2. The smallest absolute Gasteiger partial charge is 0.175 e. The van der Waals surface area contributed by atoms with Crippen molar-refractivity contribution in [1.82, 2.24) is 5.32 Å². The van der Waals surface area contributed by atoms with E-state index in [0.29, 0.717) is 47.8 Å². The van der Waals surface area contributed by atoms with Gasteiger partial charge in [-0.1, -0.05) is 59.6 Å². The standard InChI is InChI=1S/C24H24BrCl2NO3/c1-2-30-23-12-17(13-28-14-22(29)18-6-4-3-5-7-18)10-19(25)24(23)31-15-16-8-9-20(26)21(27)11-16/h3-12,22,28-29H,2,13-15H2,1H3/t22-/m1/s1. The van der Waals surface area contributed by atoms with Crippen molar-refractivity contribution in [2.75, 3.05) is 13.2 Å². The Labute approximate surface area is 201 Å². The molecule has 7 heteroatoms. The molecule has 3 rings (SSSR count). The minimum absolute atomic E-state index is 0.330. The van der Waals surface area contributed by atoms with Crippen molar-refractivity contribution >= 4 is 39.1 Å². The summed E-state index contributed by atoms with van der Waals surface area (Å²) >= 11 is 15.7. The highest BCUT2D eigenvalue weighted by atomic mass is 79.9. The Morgan fingerprint density at radius 1 is 0.968 bits per heavy atom. The van der Waals surface area contributed by atoms with Crippen LogP contribution in [0.15, 0.2) is 65.1 Å². The number of hydrogen-bond acceptors (Lipinski definition) is 4. The summed E-state index contributed by atoms with van der Waals surface area (Å²) < 4.78 is 12.6. The first-order valence-corrected chi connectivity index (χ1v) is 11.5. The molecule has 2 N–H and O–H groups in total. The quantitative estimate of drug-likeness (QED) is 0.315. The summed E-state index contributed by atoms with van der Waals surface area (Å²) in [5.41, 5.74) is 2.80. The largest absolute Gasteiger partial charge is 0.490 e. The van der Waals surface area contributed by atoms with Crippen LogP contribution in [0.4, 0.5) is 0 Å². The van der Waals surface area contributed by atoms with Crippen molar-refractivity contribution < 1.29 is 14.6 Å². The molecule has 3 aromatic rings. The lowest BCUT2D eigenvalue weighted by molar-refractivity contribution is 0.174. The van der Waals surface area contributed by atoms with Crippen molar-refractivity contribution in [3.63, 3.8) is 0 Å². The first-order chi connectivity index (χ1) is 15.0. The summed E-state index contributed by atoms with van der Waals surface area (Å²) in [5, 5.41) is 14.6. The molecule has 164 valence electrons. The van der Waals surface area contributed by atoms with Gasteiger partial charge < -0.3 is 19.9 Å². The summed E-state index contributed by atoms with van der Waals surface area (Å²) in [7, 11) is 0. The monoisotopic (exact) mass is 523 g/mol. The lowest BCUT2D eigenvalue weighted by Crippen LogP contribution is -2.21. The molecule has 3 aromatic carbocycles. The van der Waals surface area contributed by atoms with Crippen molar-refractivity contribution in [3.8, 4) is 11.5 Å². The highest BCUT2D eigenvalue weighted by Gasteiger charge is 2.14. The Morgan fingerprint density at radius 3 is 2.45 bits per heavy atom. The Hall–Kier alpha value is -1.76. The van der Waals surface area contributed by atoms with Crippen LogP contribution in [0, 0.1) is 0 Å². The van der Waals surface area contributed by atoms with E-state index in [1.54, 1.807) is 12.1 Å². The summed E-state index contributed by atoms with van der Waals surface area (Å²) in [6.07, 6.45) is -0.565. The fourth-order valence-electron chi connectivity index (χ4n) is 3.06. The third-order valence-electron chi connectivity index (χ3n) is 4.59. The fraction of sp³-hybridized carbons (Fsp3) is 0.250. The van der Waals surface area contributed by atoms with Crippen molar-refractivity contribution in [2.45, 2.75) is 26.2 Å². The number of nitrogens with one attached hydrogen (secondary N) is 1. The van der Waals surface area contributed by atoms with Gasteiger partial charge in [-0.15, -0.1) is 0 Å². The van der Waals surface area contributed by atoms with Gasteiger partial charge in [0.2, 0.25) is 0 Å². The molecule has 0 amide bonds. The van der Waals surface area contributed by atoms with Crippen LogP contribution in [0.5, 0.6) is 11.5 Å². The maximum atomic E-state index is 10.3. The lowest BCUT2D eigenvalue weighted by atomic mass is 10.1. The number of aliphatic hydroxyl groups excluding tert-OH is 1. The minimum atomic E-state index is -0.565. The summed E-state index contributed by atoms with van der Waals surface area (Å²) in [5.74, 6) is 1.28. The first-order valence-electron chi connectivity index (χ1n) is 9.93. The van der Waals surface area contributed by atoms with Crippen LogP contribution >= 0.6 is 39.1 Å². The Morgan fingerprint density at radius 2 is 1.74 bits per heavy atom. The second-order valence-electron chi connectivity index (χ2n) is 6.93. The molecule has 0 saturated heterocycles. The predicted octanol–water partition coefficient (Wildman–Crippen LogP) is 6.56. The van der Waals surface area contributed by atoms with Crippen molar-refractivity contribution in [2.24, 2.45) is 0 Å². The third-order valence-corrected chi connectivity index (χ3v) is 5.92. The van der Waals surface area contributed by atoms with E-state index in [1.807, 2.05) is 55.5 Å². The highest BCUT2D eigenvalue weighted by molar-refractivity contribution is 9.10. The first kappa shape index (κ1) is 23.9. The maximum Gasteiger partial charge on any atom is 0.175 e. The number of aliphatic hydroxyl groups is 1. The molecule has 0 bridgehead atoms. The molecule has 0 saturated carbocycles. The summed E-state index contributed by atoms with van der Waals surface area (Å²) in [6.45, 7) is 3.80. The zero-order valence-corrected chi connectivity index (χ0v) is 20.2. The molecule has 1 atom stereocenters. The van der Waals surface area contributed by atoms with Crippen LogP contribution in [0.1, 0.15) is 29.7 Å². The Kier molecular flexibility index (Phi) is 9.05. The average molecular weight is 525 g/mol. The van der Waals surface area contributed by atoms with Gasteiger partial charge in [-0.05, 0) is 63.8 Å². The third kappa shape index (κ3) is 6.86. The van der Waals surface area contributed by atoms with E-state index in [0.717, 1.165) is 21.2 Å². The zero-order valence-electron chi connectivity index (χ0n) is 17.1. The van der Waals surface area contributed by atoms with Gasteiger partial charge in [-0.3, -0.25) is 0 Å². The fourth-order valence-corrected chi connectivity index (χ4v) is 3.98. The maximum absolute atomic E-state index is 10.3. The van der Waals surface area contributed by atoms with Crippen molar-refractivity contribution in [3.05, 3.63) is 91.9 Å². The number of rotatable bonds is 10. The molecule has 0 aromatic heterocycles. The second kappa shape index (κ2) is 11.7. The van der Waals surface area contributed by atoms with E-state index in [-0.39, 0.29) is 0 Å². The van der Waals surface area contributed by atoms with Gasteiger partial charge in [0.05, 0.1) is 27.2 Å². The van der Waals surface area contributed by atoms with Crippen LogP contribution in [0.2, 0.25) is 10.0 Å². The zero-order chi connectivity index (χ0) is 22.2. The SMILES string of the molecule is CCOc1cc(CNC[C@@H](O)c2ccccc2)cc(Br)c1OCc1ccc(Cl)c(Cl)c1. The molecule has 0 aliphatic heterocycles. The van der Waals surface area contributed by atoms with E-state index in [9.17, 15) is 5.11 Å². The van der Waals surface area contributed by atoms with E-state index >= 15 is 0 Å². The van der Waals surface area contributed by atoms with Crippen LogP contribution in [-0.4, -0.2) is 18.3 Å². The normalized spacial score (nSPS) is 11.9. The lowest BCUT2D eigenvalue weighted by Gasteiger charge is -2.17. The van der Waals surface area contributed by atoms with E-state index in [4.69, 9.17) is 32.7 Å². The Bertz CT molecular complexity index is 1000. The van der Waals surface area contributed by atoms with E-state index in [1.165, 1.54) is 0 Å². The van der Waals surface area contributed by atoms with Crippen LogP contribution < -0.4 is 14.8 Å². The molecule has 31 heavy (non-hydrogen) atoms. The summed E-state index contributed by atoms with van der Waals surface area (Å²) in [4.78, 5) is 0. The second-order valence-corrected chi connectivity index (χ2v) is 8.60. The molecule has 0 fully saturated rings. The van der Waals surface area contributed by atoms with Crippen LogP contribution in [0.3, 0.4) is 0 Å². The molecule has 4 nitrogen and oxygen atoms in total. The van der Waals surface area contributed by atoms with Gasteiger partial charge in [0.15, 0.2) is 11.5 Å². The number of halogens is 3. The Balaban J connectivity index is 1.65.